The van der Waals surface area contributed by atoms with Crippen LogP contribution in [-0.2, 0) is 11.3 Å². The second-order valence-electron chi connectivity index (χ2n) is 7.18. The summed E-state index contributed by atoms with van der Waals surface area (Å²) in [6.07, 6.45) is 7.45. The van der Waals surface area contributed by atoms with Crippen molar-refractivity contribution in [2.75, 3.05) is 25.0 Å². The molecule has 2 rings (SSSR count). The third-order valence-corrected chi connectivity index (χ3v) is 4.74. The van der Waals surface area contributed by atoms with Crippen LogP contribution in [0.1, 0.15) is 57.4 Å². The summed E-state index contributed by atoms with van der Waals surface area (Å²) in [4.78, 5) is 14.5. The Morgan fingerprint density at radius 1 is 1.21 bits per heavy atom. The lowest BCUT2D eigenvalue weighted by molar-refractivity contribution is -0.116. The molecule has 1 saturated heterocycles. The summed E-state index contributed by atoms with van der Waals surface area (Å²) in [7, 11) is 0. The Balaban J connectivity index is 1.70. The van der Waals surface area contributed by atoms with Crippen LogP contribution in [0.2, 0.25) is 0 Å². The highest BCUT2D eigenvalue weighted by Crippen LogP contribution is 2.19. The normalized spacial score (nSPS) is 18.5. The number of anilines is 1. The SMILES string of the molecule is CC1CCCN(Cc2ccc(NC(=O)CCCCCCN)cc2)C1. The maximum atomic E-state index is 11.9. The molecule has 134 valence electrons. The number of nitrogens with zero attached hydrogens (tertiary/aromatic N) is 1. The molecule has 1 atom stereocenters. The van der Waals surface area contributed by atoms with Crippen LogP contribution in [0.15, 0.2) is 24.3 Å². The Bertz CT molecular complexity index is 486. The van der Waals surface area contributed by atoms with Crippen molar-refractivity contribution in [1.82, 2.24) is 4.90 Å². The quantitative estimate of drug-likeness (QED) is 0.677. The Morgan fingerprint density at radius 3 is 2.67 bits per heavy atom. The Labute approximate surface area is 146 Å². The molecule has 0 radical (unpaired) electrons. The van der Waals surface area contributed by atoms with Crippen molar-refractivity contribution in [1.29, 1.82) is 0 Å². The lowest BCUT2D eigenvalue weighted by Gasteiger charge is -2.30. The number of hydrogen-bond acceptors (Lipinski definition) is 3. The number of hydrogen-bond donors (Lipinski definition) is 2. The smallest absolute Gasteiger partial charge is 0.224 e. The predicted octanol–water partition coefficient (Wildman–Crippen LogP) is 3.77. The van der Waals surface area contributed by atoms with Gasteiger partial charge in [0, 0.05) is 25.2 Å². The van der Waals surface area contributed by atoms with Crippen LogP contribution >= 0.6 is 0 Å². The summed E-state index contributed by atoms with van der Waals surface area (Å²) in [6.45, 7) is 6.49. The van der Waals surface area contributed by atoms with Gasteiger partial charge in [-0.1, -0.05) is 31.9 Å². The van der Waals surface area contributed by atoms with Crippen LogP contribution in [0.4, 0.5) is 5.69 Å². The fourth-order valence-electron chi connectivity index (χ4n) is 3.39. The number of nitrogens with one attached hydrogen (secondary N) is 1. The fourth-order valence-corrected chi connectivity index (χ4v) is 3.39. The monoisotopic (exact) mass is 331 g/mol. The summed E-state index contributed by atoms with van der Waals surface area (Å²) in [5, 5.41) is 2.99. The number of piperidine rings is 1. The third-order valence-electron chi connectivity index (χ3n) is 4.74. The molecule has 3 N–H and O–H groups in total. The van der Waals surface area contributed by atoms with Crippen molar-refractivity contribution in [2.24, 2.45) is 11.7 Å². The van der Waals surface area contributed by atoms with Gasteiger partial charge in [0.2, 0.25) is 5.91 Å². The summed E-state index contributed by atoms with van der Waals surface area (Å²) < 4.78 is 0. The molecule has 24 heavy (non-hydrogen) atoms. The summed E-state index contributed by atoms with van der Waals surface area (Å²) in [6, 6.07) is 8.32. The van der Waals surface area contributed by atoms with Crippen molar-refractivity contribution in [3.8, 4) is 0 Å². The zero-order valence-corrected chi connectivity index (χ0v) is 15.1. The Hall–Kier alpha value is -1.39. The molecule has 1 aromatic rings. The van der Waals surface area contributed by atoms with Gasteiger partial charge in [0.05, 0.1) is 0 Å². The zero-order chi connectivity index (χ0) is 17.2. The van der Waals surface area contributed by atoms with Gasteiger partial charge in [-0.2, -0.15) is 0 Å². The lowest BCUT2D eigenvalue weighted by Crippen LogP contribution is -2.33. The van der Waals surface area contributed by atoms with Crippen molar-refractivity contribution < 1.29 is 4.79 Å². The molecule has 1 unspecified atom stereocenters. The fraction of sp³-hybridized carbons (Fsp3) is 0.650. The second kappa shape index (κ2) is 10.5. The van der Waals surface area contributed by atoms with Gasteiger partial charge >= 0.3 is 0 Å². The highest BCUT2D eigenvalue weighted by molar-refractivity contribution is 5.90. The first-order valence-corrected chi connectivity index (χ1v) is 9.48. The van der Waals surface area contributed by atoms with Crippen LogP contribution in [0.25, 0.3) is 0 Å². The second-order valence-corrected chi connectivity index (χ2v) is 7.18. The summed E-state index contributed by atoms with van der Waals surface area (Å²) >= 11 is 0. The van der Waals surface area contributed by atoms with Crippen molar-refractivity contribution in [3.05, 3.63) is 29.8 Å². The molecule has 0 spiro atoms. The minimum atomic E-state index is 0.111. The number of nitrogens with two attached hydrogens (primary N) is 1. The molecule has 0 aromatic heterocycles. The standard InChI is InChI=1S/C20H33N3O/c1-17-7-6-14-23(15-17)16-18-9-11-19(12-10-18)22-20(24)8-4-2-3-5-13-21/h9-12,17H,2-8,13-16,21H2,1H3,(H,22,24). The molecular weight excluding hydrogens is 298 g/mol. The van der Waals surface area contributed by atoms with Gasteiger partial charge in [-0.05, 0) is 62.4 Å². The van der Waals surface area contributed by atoms with Gasteiger partial charge in [0.25, 0.3) is 0 Å². The first-order valence-electron chi connectivity index (χ1n) is 9.48. The lowest BCUT2D eigenvalue weighted by atomic mass is 10.00. The van der Waals surface area contributed by atoms with E-state index in [0.29, 0.717) is 6.42 Å². The molecule has 1 fully saturated rings. The number of carbonyl (C=O) groups is 1. The topological polar surface area (TPSA) is 58.4 Å². The number of unbranched alkanes of at least 4 members (excludes halogenated alkanes) is 3. The van der Waals surface area contributed by atoms with Crippen molar-refractivity contribution in [2.45, 2.75) is 58.4 Å². The minimum Gasteiger partial charge on any atom is -0.330 e. The Kier molecular flexibility index (Phi) is 8.26. The predicted molar refractivity (Wildman–Crippen MR) is 101 cm³/mol. The van der Waals surface area contributed by atoms with E-state index in [2.05, 4.69) is 29.3 Å². The molecule has 1 aromatic carbocycles. The number of carbonyl (C=O) groups excluding carboxylic acids is 1. The summed E-state index contributed by atoms with van der Waals surface area (Å²) in [5.74, 6) is 0.919. The zero-order valence-electron chi connectivity index (χ0n) is 15.1. The van der Waals surface area contributed by atoms with Crippen LogP contribution in [-0.4, -0.2) is 30.4 Å². The van der Waals surface area contributed by atoms with E-state index in [0.717, 1.165) is 50.4 Å². The maximum Gasteiger partial charge on any atom is 0.224 e. The van der Waals surface area contributed by atoms with E-state index in [4.69, 9.17) is 5.73 Å². The van der Waals surface area contributed by atoms with Crippen LogP contribution in [0.5, 0.6) is 0 Å². The third kappa shape index (κ3) is 7.02. The average Bonchev–Trinajstić information content (AvgIpc) is 2.56. The highest BCUT2D eigenvalue weighted by atomic mass is 16.1. The first kappa shape index (κ1) is 18.9. The van der Waals surface area contributed by atoms with Crippen molar-refractivity contribution >= 4 is 11.6 Å². The van der Waals surface area contributed by atoms with Gasteiger partial charge in [-0.3, -0.25) is 9.69 Å². The number of rotatable bonds is 9. The molecule has 0 aliphatic carbocycles. The maximum absolute atomic E-state index is 11.9. The minimum absolute atomic E-state index is 0.111. The van der Waals surface area contributed by atoms with Gasteiger partial charge in [0.15, 0.2) is 0 Å². The van der Waals surface area contributed by atoms with E-state index in [1.165, 1.54) is 31.5 Å². The average molecular weight is 332 g/mol. The Morgan fingerprint density at radius 2 is 1.96 bits per heavy atom. The van der Waals surface area contributed by atoms with E-state index in [9.17, 15) is 4.79 Å². The van der Waals surface area contributed by atoms with E-state index in [1.54, 1.807) is 0 Å². The van der Waals surface area contributed by atoms with E-state index < -0.39 is 0 Å². The van der Waals surface area contributed by atoms with Gasteiger partial charge in [0.1, 0.15) is 0 Å². The van der Waals surface area contributed by atoms with Crippen LogP contribution in [0, 0.1) is 5.92 Å². The number of likely N-dealkylation sites (tertiary alicyclic amines) is 1. The first-order chi connectivity index (χ1) is 11.7. The molecule has 1 heterocycles. The van der Waals surface area contributed by atoms with E-state index in [1.807, 2.05) is 12.1 Å². The molecule has 0 bridgehead atoms. The summed E-state index contributed by atoms with van der Waals surface area (Å²) in [5.41, 5.74) is 7.69. The van der Waals surface area contributed by atoms with Gasteiger partial charge < -0.3 is 11.1 Å². The molecule has 1 aliphatic rings. The van der Waals surface area contributed by atoms with Crippen LogP contribution in [0.3, 0.4) is 0 Å². The largest absolute Gasteiger partial charge is 0.330 e. The number of amides is 1. The molecule has 1 amide bonds. The van der Waals surface area contributed by atoms with E-state index >= 15 is 0 Å². The van der Waals surface area contributed by atoms with E-state index in [-0.39, 0.29) is 5.91 Å². The molecule has 1 aliphatic heterocycles. The molecule has 4 nitrogen and oxygen atoms in total. The molecule has 4 heteroatoms. The highest BCUT2D eigenvalue weighted by Gasteiger charge is 2.16. The number of benzene rings is 1. The van der Waals surface area contributed by atoms with Gasteiger partial charge in [-0.15, -0.1) is 0 Å². The van der Waals surface area contributed by atoms with Crippen LogP contribution < -0.4 is 11.1 Å². The van der Waals surface area contributed by atoms with Crippen molar-refractivity contribution in [3.63, 3.8) is 0 Å². The molecule has 0 saturated carbocycles. The molecular formula is C20H33N3O. The van der Waals surface area contributed by atoms with Gasteiger partial charge in [-0.25, -0.2) is 0 Å².